The molecule has 1 heterocycles. The van der Waals surface area contributed by atoms with Gasteiger partial charge in [-0.3, -0.25) is 0 Å². The van der Waals surface area contributed by atoms with Gasteiger partial charge in [-0.1, -0.05) is 6.92 Å². The molecular formula is C8H14N2. The molecule has 0 bridgehead atoms. The molecule has 0 unspecified atom stereocenters. The standard InChI is InChI=1S/C8H14N2/c1-3-7-4-5-8(10-7)6-9-2/h4-5,9-10H,3,6H2,1-2H3. The van der Waals surface area contributed by atoms with Crippen LogP contribution >= 0.6 is 0 Å². The predicted octanol–water partition coefficient (Wildman–Crippen LogP) is 1.30. The molecule has 0 amide bonds. The van der Waals surface area contributed by atoms with Crippen LogP contribution in [0.3, 0.4) is 0 Å². The van der Waals surface area contributed by atoms with Gasteiger partial charge in [0, 0.05) is 17.9 Å². The molecule has 1 rings (SSSR count). The van der Waals surface area contributed by atoms with E-state index >= 15 is 0 Å². The van der Waals surface area contributed by atoms with Crippen molar-refractivity contribution in [3.63, 3.8) is 0 Å². The summed E-state index contributed by atoms with van der Waals surface area (Å²) in [4.78, 5) is 3.30. The van der Waals surface area contributed by atoms with Crippen LogP contribution in [-0.2, 0) is 13.0 Å². The van der Waals surface area contributed by atoms with E-state index in [1.165, 1.54) is 11.4 Å². The first-order valence-corrected chi connectivity index (χ1v) is 3.68. The molecule has 2 N–H and O–H groups in total. The molecule has 0 aliphatic rings. The van der Waals surface area contributed by atoms with Gasteiger partial charge in [-0.25, -0.2) is 0 Å². The molecule has 2 nitrogen and oxygen atoms in total. The van der Waals surface area contributed by atoms with Gasteiger partial charge in [-0.2, -0.15) is 0 Å². The molecule has 56 valence electrons. The average Bonchev–Trinajstić information content (AvgIpc) is 2.37. The highest BCUT2D eigenvalue weighted by Gasteiger charge is 1.93. The number of H-pyrrole nitrogens is 1. The van der Waals surface area contributed by atoms with Gasteiger partial charge in [-0.15, -0.1) is 0 Å². The molecule has 0 radical (unpaired) electrons. The van der Waals surface area contributed by atoms with Crippen LogP contribution in [-0.4, -0.2) is 12.0 Å². The molecular weight excluding hydrogens is 124 g/mol. The Morgan fingerprint density at radius 3 is 2.60 bits per heavy atom. The molecule has 0 fully saturated rings. The van der Waals surface area contributed by atoms with E-state index in [0.717, 1.165) is 13.0 Å². The summed E-state index contributed by atoms with van der Waals surface area (Å²) in [6, 6.07) is 4.25. The summed E-state index contributed by atoms with van der Waals surface area (Å²) < 4.78 is 0. The van der Waals surface area contributed by atoms with Gasteiger partial charge < -0.3 is 10.3 Å². The van der Waals surface area contributed by atoms with Crippen LogP contribution in [0.1, 0.15) is 18.3 Å². The van der Waals surface area contributed by atoms with Crippen molar-refractivity contribution in [2.75, 3.05) is 7.05 Å². The van der Waals surface area contributed by atoms with Crippen molar-refractivity contribution >= 4 is 0 Å². The molecule has 0 saturated carbocycles. The molecule has 0 aliphatic carbocycles. The van der Waals surface area contributed by atoms with Crippen molar-refractivity contribution in [2.24, 2.45) is 0 Å². The van der Waals surface area contributed by atoms with Gasteiger partial charge in [0.15, 0.2) is 0 Å². The fraction of sp³-hybridized carbons (Fsp3) is 0.500. The second-order valence-electron chi connectivity index (χ2n) is 2.39. The number of aryl methyl sites for hydroxylation is 1. The highest BCUT2D eigenvalue weighted by Crippen LogP contribution is 2.01. The van der Waals surface area contributed by atoms with Gasteiger partial charge in [0.2, 0.25) is 0 Å². The summed E-state index contributed by atoms with van der Waals surface area (Å²) in [6.45, 7) is 3.08. The summed E-state index contributed by atoms with van der Waals surface area (Å²) in [5, 5.41) is 3.09. The van der Waals surface area contributed by atoms with Gasteiger partial charge in [0.05, 0.1) is 0 Å². The minimum absolute atomic E-state index is 0.931. The van der Waals surface area contributed by atoms with Crippen LogP contribution in [0.15, 0.2) is 12.1 Å². The van der Waals surface area contributed by atoms with E-state index in [-0.39, 0.29) is 0 Å². The Morgan fingerprint density at radius 1 is 1.40 bits per heavy atom. The maximum atomic E-state index is 3.30. The predicted molar refractivity (Wildman–Crippen MR) is 42.9 cm³/mol. The van der Waals surface area contributed by atoms with Crippen molar-refractivity contribution in [3.05, 3.63) is 23.5 Å². The quantitative estimate of drug-likeness (QED) is 0.647. The number of hydrogen-bond donors (Lipinski definition) is 2. The molecule has 0 aromatic carbocycles. The lowest BCUT2D eigenvalue weighted by atomic mass is 10.3. The first-order chi connectivity index (χ1) is 4.86. The molecule has 1 aromatic rings. The number of aromatic amines is 1. The molecule has 2 heteroatoms. The highest BCUT2D eigenvalue weighted by molar-refractivity contribution is 5.12. The Bertz CT molecular complexity index is 191. The molecule has 0 spiro atoms. The topological polar surface area (TPSA) is 27.8 Å². The van der Waals surface area contributed by atoms with Crippen molar-refractivity contribution in [2.45, 2.75) is 19.9 Å². The Hall–Kier alpha value is -0.760. The average molecular weight is 138 g/mol. The SMILES string of the molecule is CCc1ccc(CNC)[nH]1. The lowest BCUT2D eigenvalue weighted by Gasteiger charge is -1.93. The number of aromatic nitrogens is 1. The summed E-state index contributed by atoms with van der Waals surface area (Å²) in [5.74, 6) is 0. The fourth-order valence-corrected chi connectivity index (χ4v) is 0.991. The number of nitrogens with one attached hydrogen (secondary N) is 2. The van der Waals surface area contributed by atoms with E-state index in [1.54, 1.807) is 0 Å². The first kappa shape index (κ1) is 7.35. The lowest BCUT2D eigenvalue weighted by molar-refractivity contribution is 0.792. The zero-order valence-corrected chi connectivity index (χ0v) is 6.57. The molecule has 1 aromatic heterocycles. The van der Waals surface area contributed by atoms with Crippen LogP contribution in [0.5, 0.6) is 0 Å². The van der Waals surface area contributed by atoms with Crippen molar-refractivity contribution < 1.29 is 0 Å². The highest BCUT2D eigenvalue weighted by atomic mass is 14.9. The Morgan fingerprint density at radius 2 is 2.10 bits per heavy atom. The zero-order valence-electron chi connectivity index (χ0n) is 6.57. The third kappa shape index (κ3) is 1.61. The molecule has 0 saturated heterocycles. The van der Waals surface area contributed by atoms with Crippen LogP contribution in [0.4, 0.5) is 0 Å². The summed E-state index contributed by atoms with van der Waals surface area (Å²) in [6.07, 6.45) is 1.09. The lowest BCUT2D eigenvalue weighted by Crippen LogP contribution is -2.05. The van der Waals surface area contributed by atoms with Crippen LogP contribution < -0.4 is 5.32 Å². The Balaban J connectivity index is 2.59. The van der Waals surface area contributed by atoms with Crippen molar-refractivity contribution in [1.29, 1.82) is 0 Å². The summed E-state index contributed by atoms with van der Waals surface area (Å²) >= 11 is 0. The third-order valence-corrected chi connectivity index (χ3v) is 1.55. The van der Waals surface area contributed by atoms with Crippen molar-refractivity contribution in [1.82, 2.24) is 10.3 Å². The second-order valence-corrected chi connectivity index (χ2v) is 2.39. The Labute approximate surface area is 61.7 Å². The van der Waals surface area contributed by atoms with Gasteiger partial charge in [0.25, 0.3) is 0 Å². The smallest absolute Gasteiger partial charge is 0.0354 e. The van der Waals surface area contributed by atoms with Crippen LogP contribution in [0, 0.1) is 0 Å². The maximum Gasteiger partial charge on any atom is 0.0354 e. The second kappa shape index (κ2) is 3.42. The molecule has 0 atom stereocenters. The third-order valence-electron chi connectivity index (χ3n) is 1.55. The summed E-state index contributed by atoms with van der Waals surface area (Å²) in [5.41, 5.74) is 2.57. The largest absolute Gasteiger partial charge is 0.361 e. The van der Waals surface area contributed by atoms with E-state index in [1.807, 2.05) is 7.05 Å². The van der Waals surface area contributed by atoms with Crippen molar-refractivity contribution in [3.8, 4) is 0 Å². The normalized spacial score (nSPS) is 10.2. The minimum Gasteiger partial charge on any atom is -0.361 e. The fourth-order valence-electron chi connectivity index (χ4n) is 0.991. The zero-order chi connectivity index (χ0) is 7.40. The van der Waals surface area contributed by atoms with E-state index < -0.39 is 0 Å². The number of rotatable bonds is 3. The van der Waals surface area contributed by atoms with Gasteiger partial charge in [-0.05, 0) is 25.6 Å². The minimum atomic E-state index is 0.931. The van der Waals surface area contributed by atoms with Crippen LogP contribution in [0.25, 0.3) is 0 Å². The number of hydrogen-bond acceptors (Lipinski definition) is 1. The van der Waals surface area contributed by atoms with E-state index in [4.69, 9.17) is 0 Å². The maximum absolute atomic E-state index is 3.30. The van der Waals surface area contributed by atoms with E-state index in [0.29, 0.717) is 0 Å². The molecule has 0 aliphatic heterocycles. The first-order valence-electron chi connectivity index (χ1n) is 3.68. The van der Waals surface area contributed by atoms with Gasteiger partial charge >= 0.3 is 0 Å². The molecule has 10 heavy (non-hydrogen) atoms. The van der Waals surface area contributed by atoms with E-state index in [2.05, 4.69) is 29.4 Å². The van der Waals surface area contributed by atoms with Gasteiger partial charge in [0.1, 0.15) is 0 Å². The summed E-state index contributed by atoms with van der Waals surface area (Å²) in [7, 11) is 1.95. The Kier molecular flexibility index (Phi) is 2.51. The van der Waals surface area contributed by atoms with E-state index in [9.17, 15) is 0 Å². The monoisotopic (exact) mass is 138 g/mol. The van der Waals surface area contributed by atoms with Crippen LogP contribution in [0.2, 0.25) is 0 Å².